The first-order valence-corrected chi connectivity index (χ1v) is 12.2. The Bertz CT molecular complexity index is 1180. The van der Waals surface area contributed by atoms with Crippen molar-refractivity contribution < 1.29 is 8.42 Å². The fourth-order valence-electron chi connectivity index (χ4n) is 3.80. The maximum atomic E-state index is 12.7. The third kappa shape index (κ3) is 4.84. The van der Waals surface area contributed by atoms with Gasteiger partial charge in [0.1, 0.15) is 4.90 Å². The number of sulfonamides is 1. The SMILES string of the molecule is O=S(=O)(N[C@H]1CC[C@@H](Nc2ccnc3cc(Cl)ccc23)CC1)c1ccc(Cl)cc1Cl. The number of nitrogens with zero attached hydrogens (tertiary/aromatic N) is 1. The fourth-order valence-corrected chi connectivity index (χ4v) is 6.04. The van der Waals surface area contributed by atoms with Gasteiger partial charge in [-0.3, -0.25) is 4.98 Å². The normalized spacial score (nSPS) is 19.7. The van der Waals surface area contributed by atoms with Crippen molar-refractivity contribution in [1.82, 2.24) is 9.71 Å². The minimum absolute atomic E-state index is 0.0516. The number of anilines is 1. The molecule has 0 aliphatic heterocycles. The first-order chi connectivity index (χ1) is 14.3. The Kier molecular flexibility index (Phi) is 6.42. The van der Waals surface area contributed by atoms with Crippen molar-refractivity contribution in [3.8, 4) is 0 Å². The molecule has 0 bridgehead atoms. The maximum Gasteiger partial charge on any atom is 0.242 e. The molecular formula is C21H20Cl3N3O2S. The van der Waals surface area contributed by atoms with Crippen LogP contribution in [0.25, 0.3) is 10.9 Å². The van der Waals surface area contributed by atoms with Gasteiger partial charge in [-0.15, -0.1) is 0 Å². The van der Waals surface area contributed by atoms with Crippen LogP contribution in [0.3, 0.4) is 0 Å². The number of halogens is 3. The molecule has 2 N–H and O–H groups in total. The summed E-state index contributed by atoms with van der Waals surface area (Å²) in [5, 5.41) is 5.77. The van der Waals surface area contributed by atoms with Gasteiger partial charge in [-0.2, -0.15) is 0 Å². The molecule has 1 aliphatic carbocycles. The highest BCUT2D eigenvalue weighted by molar-refractivity contribution is 7.89. The largest absolute Gasteiger partial charge is 0.382 e. The molecule has 4 rings (SSSR count). The summed E-state index contributed by atoms with van der Waals surface area (Å²) in [5.41, 5.74) is 1.85. The molecule has 1 heterocycles. The van der Waals surface area contributed by atoms with Gasteiger partial charge in [0.25, 0.3) is 0 Å². The zero-order valence-corrected chi connectivity index (χ0v) is 19.0. The summed E-state index contributed by atoms with van der Waals surface area (Å²) in [7, 11) is -3.70. The quantitative estimate of drug-likeness (QED) is 0.473. The summed E-state index contributed by atoms with van der Waals surface area (Å²) >= 11 is 18.0. The molecule has 1 aromatic heterocycles. The van der Waals surface area contributed by atoms with Gasteiger partial charge in [0, 0.05) is 39.4 Å². The molecule has 30 heavy (non-hydrogen) atoms. The van der Waals surface area contributed by atoms with E-state index < -0.39 is 10.0 Å². The van der Waals surface area contributed by atoms with E-state index in [1.165, 1.54) is 18.2 Å². The predicted molar refractivity (Wildman–Crippen MR) is 123 cm³/mol. The van der Waals surface area contributed by atoms with Gasteiger partial charge in [-0.1, -0.05) is 34.8 Å². The van der Waals surface area contributed by atoms with Gasteiger partial charge < -0.3 is 5.32 Å². The molecule has 0 saturated heterocycles. The van der Waals surface area contributed by atoms with Crippen molar-refractivity contribution in [2.45, 2.75) is 42.7 Å². The lowest BCUT2D eigenvalue weighted by atomic mass is 9.91. The molecule has 0 atom stereocenters. The molecule has 0 amide bonds. The van der Waals surface area contributed by atoms with Crippen molar-refractivity contribution in [2.24, 2.45) is 0 Å². The van der Waals surface area contributed by atoms with Crippen LogP contribution in [0.1, 0.15) is 25.7 Å². The van der Waals surface area contributed by atoms with Crippen LogP contribution in [0, 0.1) is 0 Å². The van der Waals surface area contributed by atoms with Crippen LogP contribution < -0.4 is 10.0 Å². The molecule has 0 unspecified atom stereocenters. The Balaban J connectivity index is 1.40. The summed E-state index contributed by atoms with van der Waals surface area (Å²) in [6, 6.07) is 12.1. The lowest BCUT2D eigenvalue weighted by Gasteiger charge is -2.30. The number of aromatic nitrogens is 1. The van der Waals surface area contributed by atoms with Crippen molar-refractivity contribution >= 4 is 61.4 Å². The number of rotatable bonds is 5. The summed E-state index contributed by atoms with van der Waals surface area (Å²) in [6.07, 6.45) is 4.92. The number of benzene rings is 2. The van der Waals surface area contributed by atoms with Crippen LogP contribution in [-0.4, -0.2) is 25.5 Å². The number of hydrogen-bond acceptors (Lipinski definition) is 4. The summed E-state index contributed by atoms with van der Waals surface area (Å²) < 4.78 is 28.2. The Morgan fingerprint density at radius 1 is 0.867 bits per heavy atom. The van der Waals surface area contributed by atoms with E-state index in [1.54, 1.807) is 6.20 Å². The van der Waals surface area contributed by atoms with E-state index in [9.17, 15) is 8.42 Å². The number of hydrogen-bond donors (Lipinski definition) is 2. The zero-order chi connectivity index (χ0) is 21.3. The van der Waals surface area contributed by atoms with Gasteiger partial charge in [-0.05, 0) is 68.1 Å². The second kappa shape index (κ2) is 8.89. The topological polar surface area (TPSA) is 71.1 Å². The first-order valence-electron chi connectivity index (χ1n) is 9.60. The molecule has 1 aliphatic rings. The molecule has 5 nitrogen and oxygen atoms in total. The van der Waals surface area contributed by atoms with Crippen LogP contribution in [-0.2, 0) is 10.0 Å². The van der Waals surface area contributed by atoms with Crippen molar-refractivity contribution in [1.29, 1.82) is 0 Å². The summed E-state index contributed by atoms with van der Waals surface area (Å²) in [4.78, 5) is 4.42. The van der Waals surface area contributed by atoms with E-state index >= 15 is 0 Å². The standard InChI is InChI=1S/C21H20Cl3N3O2S/c22-13-2-8-21(18(24)11-13)30(28,29)27-16-5-3-15(4-6-16)26-19-9-10-25-20-12-14(23)1-7-17(19)20/h1-2,7-12,15-16,27H,3-6H2,(H,25,26)/t15-,16+. The third-order valence-electron chi connectivity index (χ3n) is 5.30. The lowest BCUT2D eigenvalue weighted by molar-refractivity contribution is 0.387. The van der Waals surface area contributed by atoms with Crippen molar-refractivity contribution in [2.75, 3.05) is 5.32 Å². The van der Waals surface area contributed by atoms with Gasteiger partial charge in [0.15, 0.2) is 0 Å². The molecule has 3 aromatic rings. The van der Waals surface area contributed by atoms with E-state index in [0.29, 0.717) is 10.0 Å². The minimum atomic E-state index is -3.70. The summed E-state index contributed by atoms with van der Waals surface area (Å²) in [6.45, 7) is 0. The second-order valence-electron chi connectivity index (χ2n) is 7.41. The molecule has 9 heteroatoms. The third-order valence-corrected chi connectivity index (χ3v) is 7.77. The highest BCUT2D eigenvalue weighted by Gasteiger charge is 2.27. The molecule has 2 aromatic carbocycles. The van der Waals surface area contributed by atoms with Gasteiger partial charge in [0.2, 0.25) is 10.0 Å². The van der Waals surface area contributed by atoms with Crippen LogP contribution in [0.2, 0.25) is 15.1 Å². The second-order valence-corrected chi connectivity index (χ2v) is 10.4. The van der Waals surface area contributed by atoms with Crippen LogP contribution in [0.5, 0.6) is 0 Å². The molecule has 0 spiro atoms. The number of pyridine rings is 1. The monoisotopic (exact) mass is 483 g/mol. The minimum Gasteiger partial charge on any atom is -0.382 e. The molecule has 158 valence electrons. The molecular weight excluding hydrogens is 465 g/mol. The van der Waals surface area contributed by atoms with E-state index in [2.05, 4.69) is 15.0 Å². The smallest absolute Gasteiger partial charge is 0.242 e. The van der Waals surface area contributed by atoms with E-state index in [0.717, 1.165) is 42.3 Å². The van der Waals surface area contributed by atoms with Crippen LogP contribution in [0.4, 0.5) is 5.69 Å². The molecule has 1 fully saturated rings. The van der Waals surface area contributed by atoms with Gasteiger partial charge in [0.05, 0.1) is 10.5 Å². The first kappa shape index (κ1) is 21.7. The fraction of sp³-hybridized carbons (Fsp3) is 0.286. The number of nitrogens with one attached hydrogen (secondary N) is 2. The average molecular weight is 485 g/mol. The van der Waals surface area contributed by atoms with Crippen molar-refractivity contribution in [3.63, 3.8) is 0 Å². The van der Waals surface area contributed by atoms with Crippen LogP contribution >= 0.6 is 34.8 Å². The van der Waals surface area contributed by atoms with Crippen molar-refractivity contribution in [3.05, 3.63) is 63.7 Å². The summed E-state index contributed by atoms with van der Waals surface area (Å²) in [5.74, 6) is 0. The van der Waals surface area contributed by atoms with Crippen LogP contribution in [0.15, 0.2) is 53.6 Å². The predicted octanol–water partition coefficient (Wildman–Crippen LogP) is 5.90. The highest BCUT2D eigenvalue weighted by atomic mass is 35.5. The lowest BCUT2D eigenvalue weighted by Crippen LogP contribution is -2.40. The van der Waals surface area contributed by atoms with Gasteiger partial charge >= 0.3 is 0 Å². The maximum absolute atomic E-state index is 12.7. The van der Waals surface area contributed by atoms with E-state index in [1.807, 2.05) is 24.3 Å². The Labute approximate surface area is 190 Å². The zero-order valence-electron chi connectivity index (χ0n) is 15.9. The van der Waals surface area contributed by atoms with Gasteiger partial charge in [-0.25, -0.2) is 13.1 Å². The molecule has 0 radical (unpaired) electrons. The number of fused-ring (bicyclic) bond motifs is 1. The Morgan fingerprint density at radius 2 is 1.53 bits per heavy atom. The average Bonchev–Trinajstić information content (AvgIpc) is 2.69. The Morgan fingerprint density at radius 3 is 2.27 bits per heavy atom. The van der Waals surface area contributed by atoms with E-state index in [4.69, 9.17) is 34.8 Å². The highest BCUT2D eigenvalue weighted by Crippen LogP contribution is 2.30. The molecule has 1 saturated carbocycles. The van der Waals surface area contributed by atoms with E-state index in [-0.39, 0.29) is 22.0 Å². The Hall–Kier alpha value is -1.57.